The molecule has 1 atom stereocenters. The van der Waals surface area contributed by atoms with Crippen LogP contribution >= 0.6 is 11.6 Å². The molecule has 5 rings (SSSR count). The summed E-state index contributed by atoms with van der Waals surface area (Å²) in [5, 5.41) is 16.5. The fraction of sp³-hybridized carbons (Fsp3) is 0.300. The fourth-order valence-electron chi connectivity index (χ4n) is 4.67. The maximum atomic E-state index is 13.0. The molecule has 4 N–H and O–H groups in total. The van der Waals surface area contributed by atoms with Gasteiger partial charge >= 0.3 is 11.9 Å². The van der Waals surface area contributed by atoms with Gasteiger partial charge in [-0.15, -0.1) is 0 Å². The summed E-state index contributed by atoms with van der Waals surface area (Å²) in [5.41, 5.74) is 9.00. The molecule has 1 aliphatic rings. The van der Waals surface area contributed by atoms with Crippen molar-refractivity contribution in [2.75, 3.05) is 0 Å². The van der Waals surface area contributed by atoms with E-state index in [2.05, 4.69) is 15.4 Å². The van der Waals surface area contributed by atoms with Crippen LogP contribution in [-0.2, 0) is 17.7 Å². The summed E-state index contributed by atoms with van der Waals surface area (Å²) in [6, 6.07) is 10.5. The average Bonchev–Trinajstić information content (AvgIpc) is 3.56. The van der Waals surface area contributed by atoms with Crippen LogP contribution in [0.3, 0.4) is 0 Å². The Bertz CT molecular complexity index is 1680. The average molecular weight is 596 g/mol. The van der Waals surface area contributed by atoms with E-state index in [0.717, 1.165) is 22.3 Å². The van der Waals surface area contributed by atoms with E-state index in [9.17, 15) is 23.9 Å². The highest BCUT2D eigenvalue weighted by atomic mass is 35.5. The number of benzene rings is 2. The van der Waals surface area contributed by atoms with Crippen LogP contribution in [0.5, 0.6) is 0 Å². The zero-order valence-electron chi connectivity index (χ0n) is 23.6. The number of carbonyl (C=O) groups is 3. The Labute approximate surface area is 246 Å². The zero-order chi connectivity index (χ0) is 30.8. The van der Waals surface area contributed by atoms with Crippen molar-refractivity contribution in [1.29, 1.82) is 0 Å². The molecule has 12 heteroatoms. The number of nitrogens with one attached hydrogen (secondary N) is 1. The number of ether oxygens (including phenoxy) is 1. The number of aromatic nitrogens is 3. The lowest BCUT2D eigenvalue weighted by Crippen LogP contribution is -2.29. The van der Waals surface area contributed by atoms with E-state index in [-0.39, 0.29) is 34.1 Å². The topological polar surface area (TPSA) is 149 Å². The SMILES string of the molecule is Cc1c(C(=O)OC(C)(C)C)ccc2c1CC[C@@H]2NC(=O)c1cc(C(=O)O)nc2ccnn12.NCc1ccc(F)c(Cl)c1. The highest BCUT2D eigenvalue weighted by Crippen LogP contribution is 2.35. The maximum Gasteiger partial charge on any atom is 0.354 e. The molecule has 0 saturated carbocycles. The minimum Gasteiger partial charge on any atom is -0.477 e. The third-order valence-electron chi connectivity index (χ3n) is 6.65. The van der Waals surface area contributed by atoms with E-state index in [1.54, 1.807) is 12.1 Å². The summed E-state index contributed by atoms with van der Waals surface area (Å²) in [6.07, 6.45) is 2.83. The summed E-state index contributed by atoms with van der Waals surface area (Å²) in [4.78, 5) is 41.0. The number of rotatable bonds is 5. The molecule has 0 unspecified atom stereocenters. The third-order valence-corrected chi connectivity index (χ3v) is 6.94. The number of carboxylic acids is 1. The first-order valence-electron chi connectivity index (χ1n) is 13.2. The van der Waals surface area contributed by atoms with Crippen molar-refractivity contribution in [1.82, 2.24) is 19.9 Å². The second kappa shape index (κ2) is 12.3. The summed E-state index contributed by atoms with van der Waals surface area (Å²) in [5.74, 6) is -2.45. The Hall–Kier alpha value is -4.35. The van der Waals surface area contributed by atoms with E-state index in [0.29, 0.717) is 24.9 Å². The quantitative estimate of drug-likeness (QED) is 0.272. The molecule has 4 aromatic rings. The monoisotopic (exact) mass is 595 g/mol. The van der Waals surface area contributed by atoms with Gasteiger partial charge in [-0.1, -0.05) is 23.7 Å². The van der Waals surface area contributed by atoms with E-state index in [4.69, 9.17) is 22.1 Å². The Morgan fingerprint density at radius 2 is 1.93 bits per heavy atom. The molecule has 2 aromatic carbocycles. The minimum absolute atomic E-state index is 0.0907. The standard InChI is InChI=1S/C23H24N4O5.C7H7ClFN/c1-12-13-7-8-16(15(13)6-5-14(12)22(31)32-23(2,3)4)26-20(28)18-11-17(21(29)30)25-19-9-10-24-27(18)19;8-6-3-5(4-10)1-2-7(6)9/h5-6,9-11,16H,7-8H2,1-4H3,(H,26,28)(H,29,30);1-3H,4,10H2/t16-;/m0./s1. The van der Waals surface area contributed by atoms with Gasteiger partial charge in [-0.25, -0.2) is 23.5 Å². The largest absolute Gasteiger partial charge is 0.477 e. The number of nitrogens with zero attached hydrogens (tertiary/aromatic N) is 3. The second-order valence-electron chi connectivity index (χ2n) is 10.8. The number of halogens is 2. The van der Waals surface area contributed by atoms with Crippen LogP contribution in [-0.4, -0.2) is 43.2 Å². The Balaban J connectivity index is 0.000000343. The summed E-state index contributed by atoms with van der Waals surface area (Å²) in [7, 11) is 0. The molecule has 1 amide bonds. The lowest BCUT2D eigenvalue weighted by molar-refractivity contribution is 0.00682. The molecule has 0 radical (unpaired) electrons. The van der Waals surface area contributed by atoms with Gasteiger partial charge < -0.3 is 20.9 Å². The lowest BCUT2D eigenvalue weighted by atomic mass is 9.97. The number of carboxylic acid groups (broad SMARTS) is 1. The number of esters is 1. The molecule has 1 aliphatic carbocycles. The van der Waals surface area contributed by atoms with Gasteiger partial charge in [-0.3, -0.25) is 4.79 Å². The number of amides is 1. The molecular weight excluding hydrogens is 565 g/mol. The molecule has 0 spiro atoms. The van der Waals surface area contributed by atoms with Gasteiger partial charge in [0.15, 0.2) is 11.3 Å². The van der Waals surface area contributed by atoms with Crippen molar-refractivity contribution in [3.05, 3.63) is 98.7 Å². The predicted octanol–water partition coefficient (Wildman–Crippen LogP) is 5.05. The van der Waals surface area contributed by atoms with Crippen LogP contribution in [0.4, 0.5) is 4.39 Å². The summed E-state index contributed by atoms with van der Waals surface area (Å²) < 4.78 is 19.3. The summed E-state index contributed by atoms with van der Waals surface area (Å²) in [6.45, 7) is 7.75. The molecule has 2 aromatic heterocycles. The molecule has 42 heavy (non-hydrogen) atoms. The van der Waals surface area contributed by atoms with E-state index in [1.165, 1.54) is 35.0 Å². The molecular formula is C30H31ClFN5O5. The van der Waals surface area contributed by atoms with Crippen LogP contribution < -0.4 is 11.1 Å². The van der Waals surface area contributed by atoms with E-state index >= 15 is 0 Å². The molecule has 0 fully saturated rings. The Kier molecular flexibility index (Phi) is 8.93. The molecule has 0 bridgehead atoms. The zero-order valence-corrected chi connectivity index (χ0v) is 24.3. The molecule has 0 saturated heterocycles. The van der Waals surface area contributed by atoms with Crippen LogP contribution in [0.1, 0.15) is 86.8 Å². The first-order valence-corrected chi connectivity index (χ1v) is 13.6. The van der Waals surface area contributed by atoms with Crippen molar-refractivity contribution in [3.63, 3.8) is 0 Å². The van der Waals surface area contributed by atoms with Gasteiger partial charge in [0.1, 0.15) is 17.1 Å². The number of hydrogen-bond acceptors (Lipinski definition) is 7. The van der Waals surface area contributed by atoms with Crippen molar-refractivity contribution < 1.29 is 28.6 Å². The van der Waals surface area contributed by atoms with Gasteiger partial charge in [0, 0.05) is 18.7 Å². The van der Waals surface area contributed by atoms with Crippen molar-refractivity contribution in [2.45, 2.75) is 58.7 Å². The number of fused-ring (bicyclic) bond motifs is 2. The highest BCUT2D eigenvalue weighted by molar-refractivity contribution is 6.30. The maximum absolute atomic E-state index is 13.0. The number of hydrogen-bond donors (Lipinski definition) is 3. The lowest BCUT2D eigenvalue weighted by Gasteiger charge is -2.21. The second-order valence-corrected chi connectivity index (χ2v) is 11.2. The third kappa shape index (κ3) is 6.75. The smallest absolute Gasteiger partial charge is 0.354 e. The van der Waals surface area contributed by atoms with Crippen LogP contribution in [0.2, 0.25) is 5.02 Å². The van der Waals surface area contributed by atoms with Crippen molar-refractivity contribution in [3.8, 4) is 0 Å². The van der Waals surface area contributed by atoms with Gasteiger partial charge in [0.2, 0.25) is 0 Å². The Morgan fingerprint density at radius 3 is 2.57 bits per heavy atom. The highest BCUT2D eigenvalue weighted by Gasteiger charge is 2.30. The number of nitrogens with two attached hydrogens (primary N) is 1. The van der Waals surface area contributed by atoms with Crippen LogP contribution in [0.25, 0.3) is 5.65 Å². The Morgan fingerprint density at radius 1 is 1.19 bits per heavy atom. The summed E-state index contributed by atoms with van der Waals surface area (Å²) >= 11 is 5.46. The molecule has 10 nitrogen and oxygen atoms in total. The molecule has 220 valence electrons. The fourth-order valence-corrected chi connectivity index (χ4v) is 4.87. The van der Waals surface area contributed by atoms with Gasteiger partial charge in [-0.2, -0.15) is 5.10 Å². The molecule has 0 aliphatic heterocycles. The molecule has 2 heterocycles. The number of carbonyl (C=O) groups excluding carboxylic acids is 2. The van der Waals surface area contributed by atoms with Gasteiger partial charge in [-0.05, 0) is 81.0 Å². The first kappa shape index (κ1) is 30.6. The number of aromatic carboxylic acids is 1. The normalized spacial score (nSPS) is 14.1. The van der Waals surface area contributed by atoms with E-state index in [1.807, 2.05) is 33.8 Å². The predicted molar refractivity (Wildman–Crippen MR) is 154 cm³/mol. The first-order chi connectivity index (χ1) is 19.8. The van der Waals surface area contributed by atoms with Gasteiger partial charge in [0.05, 0.1) is 22.8 Å². The van der Waals surface area contributed by atoms with E-state index < -0.39 is 23.3 Å². The van der Waals surface area contributed by atoms with Crippen LogP contribution in [0, 0.1) is 12.7 Å². The minimum atomic E-state index is -1.22. The van der Waals surface area contributed by atoms with Crippen molar-refractivity contribution >= 4 is 35.1 Å². The van der Waals surface area contributed by atoms with Crippen molar-refractivity contribution in [2.24, 2.45) is 5.73 Å². The van der Waals surface area contributed by atoms with Gasteiger partial charge in [0.25, 0.3) is 5.91 Å². The van der Waals surface area contributed by atoms with Crippen LogP contribution in [0.15, 0.2) is 48.7 Å².